The standard InChI is InChI=1S/C23H28N6/c1-12(2)16(7)26-19-9-8-18-22(28-19)20(13(3)4)21(27-18)17-10-29-23(24-11-25-29)15(6)14(17)5/h8-11,13,16,27H,1H2,2-7H3,(H,26,28)/t16-/m0/s1. The molecule has 0 radical (unpaired) electrons. The van der Waals surface area contributed by atoms with Crippen molar-refractivity contribution in [2.24, 2.45) is 0 Å². The fraction of sp³-hybridized carbons (Fsp3) is 0.348. The molecule has 0 aliphatic carbocycles. The number of hydrogen-bond acceptors (Lipinski definition) is 4. The molecule has 0 saturated heterocycles. The van der Waals surface area contributed by atoms with Crippen LogP contribution in [0.2, 0.25) is 0 Å². The van der Waals surface area contributed by atoms with Crippen LogP contribution in [0.5, 0.6) is 0 Å². The Morgan fingerprint density at radius 3 is 2.62 bits per heavy atom. The number of nitrogens with zero attached hydrogens (tertiary/aromatic N) is 4. The molecule has 0 aliphatic rings. The Morgan fingerprint density at radius 1 is 1.17 bits per heavy atom. The summed E-state index contributed by atoms with van der Waals surface area (Å²) in [6.07, 6.45) is 3.66. The van der Waals surface area contributed by atoms with E-state index in [1.54, 1.807) is 6.33 Å². The maximum atomic E-state index is 4.95. The minimum Gasteiger partial charge on any atom is -0.364 e. The van der Waals surface area contributed by atoms with E-state index in [2.05, 4.69) is 73.8 Å². The summed E-state index contributed by atoms with van der Waals surface area (Å²) in [7, 11) is 0. The van der Waals surface area contributed by atoms with Crippen molar-refractivity contribution in [1.29, 1.82) is 0 Å². The number of nitrogens with one attached hydrogen (secondary N) is 2. The number of aryl methyl sites for hydroxylation is 1. The molecule has 4 rings (SSSR count). The first-order chi connectivity index (χ1) is 13.8. The highest BCUT2D eigenvalue weighted by molar-refractivity contribution is 5.90. The molecule has 0 bridgehead atoms. The predicted octanol–water partition coefficient (Wildman–Crippen LogP) is 5.39. The summed E-state index contributed by atoms with van der Waals surface area (Å²) in [6.45, 7) is 16.8. The largest absolute Gasteiger partial charge is 0.364 e. The summed E-state index contributed by atoms with van der Waals surface area (Å²) in [6, 6.07) is 4.28. The maximum absolute atomic E-state index is 4.95. The molecule has 0 saturated carbocycles. The number of aromatic amines is 1. The Kier molecular flexibility index (Phi) is 4.65. The van der Waals surface area contributed by atoms with E-state index in [9.17, 15) is 0 Å². The Bertz CT molecular complexity index is 1230. The van der Waals surface area contributed by atoms with E-state index in [1.165, 1.54) is 11.1 Å². The summed E-state index contributed by atoms with van der Waals surface area (Å²) in [4.78, 5) is 13.0. The molecule has 4 aromatic rings. The third kappa shape index (κ3) is 3.18. The lowest BCUT2D eigenvalue weighted by molar-refractivity contribution is 0.872. The molecule has 0 amide bonds. The fourth-order valence-electron chi connectivity index (χ4n) is 3.74. The van der Waals surface area contributed by atoms with Crippen molar-refractivity contribution < 1.29 is 0 Å². The molecule has 29 heavy (non-hydrogen) atoms. The molecule has 1 atom stereocenters. The highest BCUT2D eigenvalue weighted by atomic mass is 15.3. The van der Waals surface area contributed by atoms with Crippen LogP contribution in [0.15, 0.2) is 36.8 Å². The third-order valence-electron chi connectivity index (χ3n) is 5.76. The van der Waals surface area contributed by atoms with Gasteiger partial charge in [0.25, 0.3) is 0 Å². The molecule has 0 fully saturated rings. The molecule has 0 spiro atoms. The van der Waals surface area contributed by atoms with Crippen LogP contribution >= 0.6 is 0 Å². The van der Waals surface area contributed by atoms with Crippen molar-refractivity contribution in [3.05, 3.63) is 53.5 Å². The fourth-order valence-corrected chi connectivity index (χ4v) is 3.74. The normalized spacial score (nSPS) is 12.8. The van der Waals surface area contributed by atoms with Gasteiger partial charge in [-0.25, -0.2) is 14.5 Å². The number of fused-ring (bicyclic) bond motifs is 2. The van der Waals surface area contributed by atoms with E-state index in [1.807, 2.05) is 17.5 Å². The molecule has 4 aromatic heterocycles. The SMILES string of the molecule is C=C(C)[C@H](C)Nc1ccc2[nH]c(-c3cn4ncnc4c(C)c3C)c(C(C)C)c2n1. The second kappa shape index (κ2) is 7.03. The Labute approximate surface area is 171 Å². The van der Waals surface area contributed by atoms with Gasteiger partial charge in [-0.2, -0.15) is 5.10 Å². The maximum Gasteiger partial charge on any atom is 0.158 e. The third-order valence-corrected chi connectivity index (χ3v) is 5.76. The van der Waals surface area contributed by atoms with Gasteiger partial charge in [0, 0.05) is 23.4 Å². The minimum absolute atomic E-state index is 0.167. The van der Waals surface area contributed by atoms with Crippen molar-refractivity contribution in [3.8, 4) is 11.3 Å². The second-order valence-electron chi connectivity index (χ2n) is 8.19. The average Bonchev–Trinajstić information content (AvgIpc) is 3.28. The van der Waals surface area contributed by atoms with E-state index in [4.69, 9.17) is 4.98 Å². The highest BCUT2D eigenvalue weighted by Crippen LogP contribution is 2.37. The lowest BCUT2D eigenvalue weighted by Gasteiger charge is -2.15. The van der Waals surface area contributed by atoms with Crippen molar-refractivity contribution in [2.45, 2.75) is 53.5 Å². The topological polar surface area (TPSA) is 70.9 Å². The number of rotatable bonds is 5. The van der Waals surface area contributed by atoms with Crippen LogP contribution in [0.1, 0.15) is 50.3 Å². The summed E-state index contributed by atoms with van der Waals surface area (Å²) in [5.74, 6) is 1.17. The van der Waals surface area contributed by atoms with Gasteiger partial charge in [-0.1, -0.05) is 26.0 Å². The van der Waals surface area contributed by atoms with Gasteiger partial charge in [0.1, 0.15) is 12.1 Å². The van der Waals surface area contributed by atoms with Crippen LogP contribution in [0.4, 0.5) is 5.82 Å². The van der Waals surface area contributed by atoms with Crippen molar-refractivity contribution >= 4 is 22.5 Å². The monoisotopic (exact) mass is 388 g/mol. The molecule has 4 heterocycles. The molecule has 150 valence electrons. The van der Waals surface area contributed by atoms with Crippen molar-refractivity contribution in [3.63, 3.8) is 0 Å². The highest BCUT2D eigenvalue weighted by Gasteiger charge is 2.21. The van der Waals surface area contributed by atoms with Gasteiger partial charge in [-0.3, -0.25) is 0 Å². The molecule has 6 nitrogen and oxygen atoms in total. The number of aromatic nitrogens is 5. The summed E-state index contributed by atoms with van der Waals surface area (Å²) in [5.41, 5.74) is 9.81. The lowest BCUT2D eigenvalue weighted by Crippen LogP contribution is -2.16. The van der Waals surface area contributed by atoms with Crippen LogP contribution in [0, 0.1) is 13.8 Å². The van der Waals surface area contributed by atoms with Gasteiger partial charge >= 0.3 is 0 Å². The first-order valence-electron chi connectivity index (χ1n) is 10.0. The Morgan fingerprint density at radius 2 is 1.93 bits per heavy atom. The smallest absolute Gasteiger partial charge is 0.158 e. The second-order valence-corrected chi connectivity index (χ2v) is 8.19. The van der Waals surface area contributed by atoms with Gasteiger partial charge in [-0.05, 0) is 56.9 Å². The van der Waals surface area contributed by atoms with Crippen molar-refractivity contribution in [1.82, 2.24) is 24.6 Å². The van der Waals surface area contributed by atoms with E-state index in [0.29, 0.717) is 5.92 Å². The van der Waals surface area contributed by atoms with Crippen LogP contribution in [0.3, 0.4) is 0 Å². The summed E-state index contributed by atoms with van der Waals surface area (Å²) in [5, 5.41) is 7.80. The first kappa shape index (κ1) is 19.2. The van der Waals surface area contributed by atoms with E-state index < -0.39 is 0 Å². The van der Waals surface area contributed by atoms with E-state index in [-0.39, 0.29) is 6.04 Å². The minimum atomic E-state index is 0.167. The number of anilines is 1. The van der Waals surface area contributed by atoms with E-state index in [0.717, 1.165) is 44.9 Å². The van der Waals surface area contributed by atoms with Crippen LogP contribution in [-0.2, 0) is 0 Å². The number of pyridine rings is 2. The van der Waals surface area contributed by atoms with Crippen LogP contribution in [0.25, 0.3) is 27.9 Å². The molecule has 0 unspecified atom stereocenters. The Balaban J connectivity index is 1.92. The van der Waals surface area contributed by atoms with Gasteiger partial charge < -0.3 is 10.3 Å². The first-order valence-corrected chi connectivity index (χ1v) is 10.0. The molecule has 6 heteroatoms. The van der Waals surface area contributed by atoms with E-state index >= 15 is 0 Å². The molecular weight excluding hydrogens is 360 g/mol. The molecular formula is C23H28N6. The lowest BCUT2D eigenvalue weighted by atomic mass is 9.95. The molecule has 0 aromatic carbocycles. The Hall–Kier alpha value is -3.15. The average molecular weight is 389 g/mol. The van der Waals surface area contributed by atoms with Gasteiger partial charge in [0.05, 0.1) is 16.7 Å². The zero-order valence-electron chi connectivity index (χ0n) is 18.0. The molecule has 0 aliphatic heterocycles. The number of hydrogen-bond donors (Lipinski definition) is 2. The quantitative estimate of drug-likeness (QED) is 0.450. The van der Waals surface area contributed by atoms with Gasteiger partial charge in [-0.15, -0.1) is 0 Å². The number of H-pyrrole nitrogens is 1. The summed E-state index contributed by atoms with van der Waals surface area (Å²) >= 11 is 0. The van der Waals surface area contributed by atoms with Gasteiger partial charge in [0.15, 0.2) is 5.65 Å². The zero-order chi connectivity index (χ0) is 20.9. The van der Waals surface area contributed by atoms with Crippen LogP contribution < -0.4 is 5.32 Å². The predicted molar refractivity (Wildman–Crippen MR) is 120 cm³/mol. The van der Waals surface area contributed by atoms with Crippen LogP contribution in [-0.4, -0.2) is 30.6 Å². The van der Waals surface area contributed by atoms with Gasteiger partial charge in [0.2, 0.25) is 0 Å². The molecule has 2 N–H and O–H groups in total. The van der Waals surface area contributed by atoms with Crippen molar-refractivity contribution in [2.75, 3.05) is 5.32 Å². The zero-order valence-corrected chi connectivity index (χ0v) is 18.0. The summed E-state index contributed by atoms with van der Waals surface area (Å²) < 4.78 is 1.85.